The Bertz CT molecular complexity index is 1130. The number of nitrogens with zero attached hydrogens (tertiary/aromatic N) is 1. The highest BCUT2D eigenvalue weighted by Crippen LogP contribution is 2.42. The van der Waals surface area contributed by atoms with Gasteiger partial charge in [-0.2, -0.15) is 22.0 Å². The van der Waals surface area contributed by atoms with Crippen molar-refractivity contribution in [2.45, 2.75) is 95.2 Å². The molecule has 0 aliphatic carbocycles. The molecule has 2 unspecified atom stereocenters. The van der Waals surface area contributed by atoms with E-state index in [9.17, 15) is 42.1 Å². The minimum absolute atomic E-state index is 0.0447. The highest BCUT2D eigenvalue weighted by molar-refractivity contribution is 5.69. The van der Waals surface area contributed by atoms with E-state index in [1.165, 1.54) is 0 Å². The van der Waals surface area contributed by atoms with Crippen molar-refractivity contribution in [3.8, 4) is 17.2 Å². The van der Waals surface area contributed by atoms with Gasteiger partial charge in [0, 0.05) is 19.0 Å². The van der Waals surface area contributed by atoms with E-state index in [0.717, 1.165) is 49.9 Å². The monoisotopic (exact) mass is 601 g/mol. The van der Waals surface area contributed by atoms with Crippen LogP contribution in [0.5, 0.6) is 17.2 Å². The number of alkyl halides is 5. The van der Waals surface area contributed by atoms with Crippen molar-refractivity contribution >= 4 is 11.7 Å². The van der Waals surface area contributed by atoms with Crippen LogP contribution in [0.15, 0.2) is 42.5 Å². The maximum Gasteiger partial charge on any atom is 0.453 e. The molecule has 2 aromatic carbocycles. The second-order valence-electron chi connectivity index (χ2n) is 11.0. The van der Waals surface area contributed by atoms with Crippen LogP contribution in [0.25, 0.3) is 0 Å². The van der Waals surface area contributed by atoms with Crippen LogP contribution in [-0.2, 0) is 4.79 Å². The number of ether oxygens (including phenoxy) is 1. The molecule has 1 aliphatic heterocycles. The normalized spacial score (nSPS) is 16.1. The summed E-state index contributed by atoms with van der Waals surface area (Å²) in [5.74, 6) is -5.34. The van der Waals surface area contributed by atoms with E-state index >= 15 is 0 Å². The quantitative estimate of drug-likeness (QED) is 0.124. The number of carboxylic acids is 1. The fraction of sp³-hybridized carbons (Fsp3) is 0.581. The predicted octanol–water partition coefficient (Wildman–Crippen LogP) is 8.62. The van der Waals surface area contributed by atoms with Crippen LogP contribution >= 0.6 is 0 Å². The first-order valence-electron chi connectivity index (χ1n) is 14.6. The summed E-state index contributed by atoms with van der Waals surface area (Å²) in [4.78, 5) is 13.8. The lowest BCUT2D eigenvalue weighted by Gasteiger charge is -2.39. The minimum atomic E-state index is -5.55. The van der Waals surface area contributed by atoms with E-state index in [1.54, 1.807) is 24.3 Å². The first kappa shape index (κ1) is 33.3. The highest BCUT2D eigenvalue weighted by Gasteiger charge is 2.56. The van der Waals surface area contributed by atoms with Gasteiger partial charge >= 0.3 is 18.1 Å². The van der Waals surface area contributed by atoms with Gasteiger partial charge in [0.15, 0.2) is 0 Å². The molecule has 0 aromatic heterocycles. The van der Waals surface area contributed by atoms with Gasteiger partial charge in [-0.05, 0) is 55.5 Å². The lowest BCUT2D eigenvalue weighted by atomic mass is 9.94. The molecule has 3 N–H and O–H groups in total. The largest absolute Gasteiger partial charge is 0.508 e. The zero-order chi connectivity index (χ0) is 30.8. The average Bonchev–Trinajstić information content (AvgIpc) is 2.92. The van der Waals surface area contributed by atoms with Gasteiger partial charge in [0.2, 0.25) is 0 Å². The van der Waals surface area contributed by atoms with Gasteiger partial charge in [-0.25, -0.2) is 0 Å². The number of halogens is 5. The van der Waals surface area contributed by atoms with Crippen molar-refractivity contribution in [1.82, 2.24) is 0 Å². The van der Waals surface area contributed by atoms with Gasteiger partial charge in [-0.15, -0.1) is 0 Å². The molecule has 2 aromatic rings. The number of fused-ring (bicyclic) bond motifs is 1. The molecule has 0 spiro atoms. The van der Waals surface area contributed by atoms with E-state index in [-0.39, 0.29) is 36.8 Å². The number of benzene rings is 2. The van der Waals surface area contributed by atoms with Crippen LogP contribution in [0.1, 0.15) is 88.7 Å². The Labute approximate surface area is 243 Å². The fourth-order valence-electron chi connectivity index (χ4n) is 5.36. The van der Waals surface area contributed by atoms with E-state index < -0.39 is 30.4 Å². The smallest absolute Gasteiger partial charge is 0.453 e. The summed E-state index contributed by atoms with van der Waals surface area (Å²) < 4.78 is 68.6. The molecular formula is C31H40F5NO5. The van der Waals surface area contributed by atoms with Gasteiger partial charge < -0.3 is 25.0 Å². The second-order valence-corrected chi connectivity index (χ2v) is 11.0. The molecule has 0 radical (unpaired) electrons. The van der Waals surface area contributed by atoms with Crippen LogP contribution in [-0.4, -0.2) is 46.5 Å². The molecule has 1 heterocycles. The molecule has 234 valence electrons. The lowest BCUT2D eigenvalue weighted by Crippen LogP contribution is -2.37. The number of phenolic OH excluding ortho intramolecular Hbond substituents is 2. The molecule has 1 aliphatic rings. The molecule has 0 saturated heterocycles. The number of carboxylic acid groups (broad SMARTS) is 1. The number of phenols is 2. The van der Waals surface area contributed by atoms with Gasteiger partial charge in [0.25, 0.3) is 0 Å². The first-order valence-corrected chi connectivity index (χ1v) is 14.6. The van der Waals surface area contributed by atoms with Gasteiger partial charge in [-0.3, -0.25) is 4.79 Å². The van der Waals surface area contributed by atoms with Crippen molar-refractivity contribution in [3.05, 3.63) is 48.0 Å². The molecule has 0 amide bonds. The summed E-state index contributed by atoms with van der Waals surface area (Å²) in [6.07, 6.45) is -0.574. The molecule has 11 heteroatoms. The number of unbranched alkanes of at least 4 members (excludes halogenated alkanes) is 7. The number of carbonyl (C=O) groups is 1. The zero-order valence-electron chi connectivity index (χ0n) is 23.6. The van der Waals surface area contributed by atoms with Gasteiger partial charge in [-0.1, -0.05) is 57.1 Å². The Morgan fingerprint density at radius 1 is 0.833 bits per heavy atom. The van der Waals surface area contributed by atoms with Crippen LogP contribution in [0.2, 0.25) is 0 Å². The minimum Gasteiger partial charge on any atom is -0.508 e. The number of aliphatic carboxylic acids is 1. The molecule has 0 fully saturated rings. The Kier molecular flexibility index (Phi) is 12.1. The maximum atomic E-state index is 13.0. The standard InChI is InChI=1S/C31H40F5NO5/c32-30(33,31(34,35)36)18-8-5-7-11-23(29(40)41)10-6-3-1-2-4-9-19-37-26-17-16-25(39)20-28(26)42-21-27(37)22-12-14-24(38)15-13-22/h12-17,20,23,27,38-39H,1-11,18-19,21H2,(H,40,41). The van der Waals surface area contributed by atoms with E-state index in [1.807, 2.05) is 18.2 Å². The summed E-state index contributed by atoms with van der Waals surface area (Å²) in [7, 11) is 0. The third-order valence-electron chi connectivity index (χ3n) is 7.81. The Morgan fingerprint density at radius 2 is 1.40 bits per heavy atom. The van der Waals surface area contributed by atoms with Crippen LogP contribution in [0.4, 0.5) is 27.6 Å². The molecule has 3 rings (SSSR count). The number of anilines is 1. The Balaban J connectivity index is 1.36. The second kappa shape index (κ2) is 15.3. The van der Waals surface area contributed by atoms with Crippen LogP contribution < -0.4 is 9.64 Å². The molecule has 6 nitrogen and oxygen atoms in total. The fourth-order valence-corrected chi connectivity index (χ4v) is 5.36. The number of rotatable bonds is 17. The van der Waals surface area contributed by atoms with Crippen molar-refractivity contribution < 1.29 is 46.8 Å². The topological polar surface area (TPSA) is 90.2 Å². The van der Waals surface area contributed by atoms with Gasteiger partial charge in [0.1, 0.15) is 23.9 Å². The third kappa shape index (κ3) is 9.66. The summed E-state index contributed by atoms with van der Waals surface area (Å²) in [5, 5.41) is 29.0. The third-order valence-corrected chi connectivity index (χ3v) is 7.81. The zero-order valence-corrected chi connectivity index (χ0v) is 23.6. The number of aromatic hydroxyl groups is 2. The van der Waals surface area contributed by atoms with E-state index in [4.69, 9.17) is 4.74 Å². The van der Waals surface area contributed by atoms with Crippen molar-refractivity contribution in [2.75, 3.05) is 18.1 Å². The molecule has 42 heavy (non-hydrogen) atoms. The maximum absolute atomic E-state index is 13.0. The summed E-state index contributed by atoms with van der Waals surface area (Å²) in [5.41, 5.74) is 1.91. The summed E-state index contributed by atoms with van der Waals surface area (Å²) in [6.45, 7) is 1.18. The van der Waals surface area contributed by atoms with Crippen molar-refractivity contribution in [1.29, 1.82) is 0 Å². The predicted molar refractivity (Wildman–Crippen MR) is 149 cm³/mol. The average molecular weight is 602 g/mol. The molecule has 2 atom stereocenters. The van der Waals surface area contributed by atoms with Crippen molar-refractivity contribution in [2.24, 2.45) is 5.92 Å². The molecular weight excluding hydrogens is 561 g/mol. The van der Waals surface area contributed by atoms with Gasteiger partial charge in [0.05, 0.1) is 17.6 Å². The Hall–Kier alpha value is -3.24. The summed E-state index contributed by atoms with van der Waals surface area (Å²) >= 11 is 0. The molecule has 0 bridgehead atoms. The first-order chi connectivity index (χ1) is 19.9. The summed E-state index contributed by atoms with van der Waals surface area (Å²) in [6, 6.07) is 12.1. The van der Waals surface area contributed by atoms with Crippen LogP contribution in [0.3, 0.4) is 0 Å². The van der Waals surface area contributed by atoms with E-state index in [2.05, 4.69) is 4.90 Å². The van der Waals surface area contributed by atoms with E-state index in [0.29, 0.717) is 31.6 Å². The highest BCUT2D eigenvalue weighted by atomic mass is 19.4. The SMILES string of the molecule is O=C(O)C(CCCCCCCCN1c2ccc(O)cc2OCC1c1ccc(O)cc1)CCCCCC(F)(F)C(F)(F)F. The molecule has 0 saturated carbocycles. The van der Waals surface area contributed by atoms with Crippen LogP contribution in [0, 0.1) is 5.92 Å². The number of hydrogen-bond acceptors (Lipinski definition) is 5. The number of hydrogen-bond donors (Lipinski definition) is 3. The Morgan fingerprint density at radius 3 is 2.02 bits per heavy atom. The lowest BCUT2D eigenvalue weighted by molar-refractivity contribution is -0.284. The van der Waals surface area contributed by atoms with Crippen molar-refractivity contribution in [3.63, 3.8) is 0 Å².